The van der Waals surface area contributed by atoms with Crippen molar-refractivity contribution in [2.75, 3.05) is 40.4 Å². The molecule has 0 amide bonds. The Morgan fingerprint density at radius 2 is 2.24 bits per heavy atom. The van der Waals surface area contributed by atoms with E-state index in [0.29, 0.717) is 6.61 Å². The van der Waals surface area contributed by atoms with Gasteiger partial charge >= 0.3 is 0 Å². The van der Waals surface area contributed by atoms with Gasteiger partial charge in [0, 0.05) is 31.1 Å². The largest absolute Gasteiger partial charge is 0.493 e. The molecule has 1 N–H and O–H groups in total. The van der Waals surface area contributed by atoms with Gasteiger partial charge in [0.15, 0.2) is 11.5 Å². The smallest absolute Gasteiger partial charge is 0.161 e. The van der Waals surface area contributed by atoms with Gasteiger partial charge in [-0.25, -0.2) is 0 Å². The Kier molecular flexibility index (Phi) is 6.69. The first kappa shape index (κ1) is 18.2. The zero-order valence-corrected chi connectivity index (χ0v) is 15.7. The lowest BCUT2D eigenvalue weighted by Gasteiger charge is -2.30. The number of ether oxygens (including phenoxy) is 3. The summed E-state index contributed by atoms with van der Waals surface area (Å²) in [6.07, 6.45) is 0.258. The Morgan fingerprint density at radius 3 is 3.00 bits per heavy atom. The number of rotatable bonds is 8. The zero-order valence-electron chi connectivity index (χ0n) is 14.9. The number of hydrogen-bond donors (Lipinski definition) is 1. The molecule has 0 saturated carbocycles. The lowest BCUT2D eigenvalue weighted by molar-refractivity contribution is -0.0182. The van der Waals surface area contributed by atoms with E-state index < -0.39 is 0 Å². The van der Waals surface area contributed by atoms with Crippen LogP contribution in [0.15, 0.2) is 35.7 Å². The Balaban J connectivity index is 1.50. The molecule has 2 heterocycles. The summed E-state index contributed by atoms with van der Waals surface area (Å²) in [5.41, 5.74) is 1.17. The second kappa shape index (κ2) is 9.20. The maximum absolute atomic E-state index is 5.88. The first-order chi connectivity index (χ1) is 12.2. The molecular weight excluding hydrogens is 336 g/mol. The third kappa shape index (κ3) is 5.44. The third-order valence-electron chi connectivity index (χ3n) is 4.22. The van der Waals surface area contributed by atoms with E-state index >= 15 is 0 Å². The predicted molar refractivity (Wildman–Crippen MR) is 101 cm³/mol. The van der Waals surface area contributed by atoms with Crippen LogP contribution in [-0.2, 0) is 17.9 Å². The van der Waals surface area contributed by atoms with Gasteiger partial charge in [-0.3, -0.25) is 0 Å². The summed E-state index contributed by atoms with van der Waals surface area (Å²) in [4.78, 5) is 3.50. The van der Waals surface area contributed by atoms with Gasteiger partial charge in [-0.05, 0) is 36.2 Å². The van der Waals surface area contributed by atoms with Gasteiger partial charge in [0.1, 0.15) is 6.61 Å². The Morgan fingerprint density at radius 1 is 1.32 bits per heavy atom. The average molecular weight is 362 g/mol. The summed E-state index contributed by atoms with van der Waals surface area (Å²) in [6, 6.07) is 10.2. The van der Waals surface area contributed by atoms with E-state index in [1.54, 1.807) is 18.4 Å². The van der Waals surface area contributed by atoms with Crippen LogP contribution in [0, 0.1) is 0 Å². The number of morpholine rings is 1. The number of methoxy groups -OCH3 is 1. The quantitative estimate of drug-likeness (QED) is 0.782. The lowest BCUT2D eigenvalue weighted by atomic mass is 10.2. The van der Waals surface area contributed by atoms with Crippen LogP contribution in [0.1, 0.15) is 10.4 Å². The van der Waals surface area contributed by atoms with Crippen LogP contribution >= 0.6 is 11.3 Å². The normalized spacial score (nSPS) is 18.2. The highest BCUT2D eigenvalue weighted by Crippen LogP contribution is 2.29. The van der Waals surface area contributed by atoms with E-state index in [-0.39, 0.29) is 6.10 Å². The fourth-order valence-corrected chi connectivity index (χ4v) is 3.47. The fraction of sp³-hybridized carbons (Fsp3) is 0.474. The first-order valence-electron chi connectivity index (χ1n) is 8.57. The molecule has 2 aromatic rings. The predicted octanol–water partition coefficient (Wildman–Crippen LogP) is 2.76. The highest BCUT2D eigenvalue weighted by Gasteiger charge is 2.17. The molecule has 3 rings (SSSR count). The van der Waals surface area contributed by atoms with Crippen molar-refractivity contribution in [2.45, 2.75) is 19.3 Å². The summed E-state index contributed by atoms with van der Waals surface area (Å²) in [7, 11) is 3.81. The molecule has 0 radical (unpaired) electrons. The number of likely N-dealkylation sites (N-methyl/N-ethyl adjacent to an activating group) is 1. The topological polar surface area (TPSA) is 43.0 Å². The Bertz CT molecular complexity index is 648. The fourth-order valence-electron chi connectivity index (χ4n) is 2.85. The minimum atomic E-state index is 0.258. The molecule has 25 heavy (non-hydrogen) atoms. The number of thiophene rings is 1. The van der Waals surface area contributed by atoms with E-state index in [2.05, 4.69) is 34.8 Å². The second-order valence-corrected chi connectivity index (χ2v) is 7.27. The molecule has 1 atom stereocenters. The van der Waals surface area contributed by atoms with E-state index in [9.17, 15) is 0 Å². The van der Waals surface area contributed by atoms with E-state index in [1.165, 1.54) is 10.4 Å². The molecule has 1 saturated heterocycles. The Hall–Kier alpha value is -1.60. The number of hydrogen-bond acceptors (Lipinski definition) is 6. The van der Waals surface area contributed by atoms with Crippen LogP contribution in [-0.4, -0.2) is 51.4 Å². The van der Waals surface area contributed by atoms with Crippen molar-refractivity contribution in [2.24, 2.45) is 0 Å². The van der Waals surface area contributed by atoms with Crippen molar-refractivity contribution < 1.29 is 14.2 Å². The molecule has 6 heteroatoms. The summed E-state index contributed by atoms with van der Waals surface area (Å²) in [5, 5.41) is 5.52. The molecule has 5 nitrogen and oxygen atoms in total. The SMILES string of the molecule is COc1cc(CNC[C@@H]2CN(C)CCO2)ccc1OCc1cccs1. The maximum Gasteiger partial charge on any atom is 0.161 e. The molecule has 0 unspecified atom stereocenters. The Labute approximate surface area is 153 Å². The molecule has 136 valence electrons. The summed E-state index contributed by atoms with van der Waals surface area (Å²) < 4.78 is 17.1. The van der Waals surface area contributed by atoms with Crippen LogP contribution < -0.4 is 14.8 Å². The first-order valence-corrected chi connectivity index (χ1v) is 9.45. The van der Waals surface area contributed by atoms with Crippen LogP contribution in [0.2, 0.25) is 0 Å². The van der Waals surface area contributed by atoms with Crippen molar-refractivity contribution in [3.05, 3.63) is 46.2 Å². The standard InChI is InChI=1S/C19H26N2O3S/c1-21-7-8-23-16(13-21)12-20-11-15-5-6-18(19(10-15)22-2)24-14-17-4-3-9-25-17/h3-6,9-10,16,20H,7-8,11-14H2,1-2H3/t16-/m1/s1. The van der Waals surface area contributed by atoms with Crippen molar-refractivity contribution in [3.8, 4) is 11.5 Å². The van der Waals surface area contributed by atoms with E-state index in [0.717, 1.165) is 44.3 Å². The molecule has 1 aliphatic rings. The molecule has 1 aliphatic heterocycles. The van der Waals surface area contributed by atoms with Crippen LogP contribution in [0.5, 0.6) is 11.5 Å². The van der Waals surface area contributed by atoms with Gasteiger partial charge in [0.05, 0.1) is 19.8 Å². The van der Waals surface area contributed by atoms with Gasteiger partial charge in [-0.1, -0.05) is 12.1 Å². The highest BCUT2D eigenvalue weighted by molar-refractivity contribution is 7.09. The monoisotopic (exact) mass is 362 g/mol. The molecule has 0 spiro atoms. The van der Waals surface area contributed by atoms with Gasteiger partial charge in [-0.15, -0.1) is 11.3 Å². The van der Waals surface area contributed by atoms with Gasteiger partial charge in [-0.2, -0.15) is 0 Å². The molecule has 0 aliphatic carbocycles. The van der Waals surface area contributed by atoms with Crippen molar-refractivity contribution in [1.29, 1.82) is 0 Å². The van der Waals surface area contributed by atoms with Crippen molar-refractivity contribution in [1.82, 2.24) is 10.2 Å². The number of nitrogens with zero attached hydrogens (tertiary/aromatic N) is 1. The third-order valence-corrected chi connectivity index (χ3v) is 5.07. The minimum Gasteiger partial charge on any atom is -0.493 e. The van der Waals surface area contributed by atoms with Gasteiger partial charge < -0.3 is 24.4 Å². The van der Waals surface area contributed by atoms with Gasteiger partial charge in [0.2, 0.25) is 0 Å². The number of nitrogens with one attached hydrogen (secondary N) is 1. The van der Waals surface area contributed by atoms with Crippen LogP contribution in [0.4, 0.5) is 0 Å². The average Bonchev–Trinajstić information content (AvgIpc) is 3.14. The highest BCUT2D eigenvalue weighted by atomic mass is 32.1. The van der Waals surface area contributed by atoms with Gasteiger partial charge in [0.25, 0.3) is 0 Å². The summed E-state index contributed by atoms with van der Waals surface area (Å²) in [5.74, 6) is 1.54. The molecule has 1 aromatic heterocycles. The minimum absolute atomic E-state index is 0.258. The molecule has 1 fully saturated rings. The molecular formula is C19H26N2O3S. The molecule has 1 aromatic carbocycles. The zero-order chi connectivity index (χ0) is 17.5. The summed E-state index contributed by atoms with van der Waals surface area (Å²) >= 11 is 1.69. The van der Waals surface area contributed by atoms with Crippen molar-refractivity contribution >= 4 is 11.3 Å². The number of benzene rings is 1. The van der Waals surface area contributed by atoms with Crippen LogP contribution in [0.3, 0.4) is 0 Å². The maximum atomic E-state index is 5.88. The summed E-state index contributed by atoms with van der Waals surface area (Å²) in [6.45, 7) is 5.01. The lowest BCUT2D eigenvalue weighted by Crippen LogP contribution is -2.44. The second-order valence-electron chi connectivity index (χ2n) is 6.24. The molecule has 0 bridgehead atoms. The van der Waals surface area contributed by atoms with E-state index in [4.69, 9.17) is 14.2 Å². The van der Waals surface area contributed by atoms with Crippen molar-refractivity contribution in [3.63, 3.8) is 0 Å². The van der Waals surface area contributed by atoms with Crippen LogP contribution in [0.25, 0.3) is 0 Å². The van der Waals surface area contributed by atoms with E-state index in [1.807, 2.05) is 18.2 Å².